The number of hydrogen-bond acceptors (Lipinski definition) is 3. The number of halogens is 1. The second-order valence-electron chi connectivity index (χ2n) is 6.11. The molecule has 0 aromatic carbocycles. The number of rotatable bonds is 6. The highest BCUT2D eigenvalue weighted by Gasteiger charge is 2.40. The van der Waals surface area contributed by atoms with Gasteiger partial charge in [-0.05, 0) is 32.3 Å². The Balaban J connectivity index is 1.76. The fourth-order valence-corrected chi connectivity index (χ4v) is 2.66. The van der Waals surface area contributed by atoms with Gasteiger partial charge in [0.15, 0.2) is 0 Å². The van der Waals surface area contributed by atoms with Crippen LogP contribution in [0.15, 0.2) is 23.8 Å². The van der Waals surface area contributed by atoms with Gasteiger partial charge in [0, 0.05) is 6.54 Å². The highest BCUT2D eigenvalue weighted by molar-refractivity contribution is 7.95. The third-order valence-corrected chi connectivity index (χ3v) is 4.11. The van der Waals surface area contributed by atoms with Gasteiger partial charge >= 0.3 is 0 Å². The summed E-state index contributed by atoms with van der Waals surface area (Å²) in [6.07, 6.45) is 8.35. The van der Waals surface area contributed by atoms with Crippen molar-refractivity contribution in [3.05, 3.63) is 23.8 Å². The van der Waals surface area contributed by atoms with E-state index in [2.05, 4.69) is 17.5 Å². The number of nitrogens with zero attached hydrogens (tertiary/aromatic N) is 1. The monoisotopic (exact) mass is 312 g/mol. The van der Waals surface area contributed by atoms with Crippen LogP contribution < -0.4 is 5.32 Å². The van der Waals surface area contributed by atoms with Crippen molar-refractivity contribution in [2.24, 2.45) is 0 Å². The fraction of sp³-hybridized carbons (Fsp3) is 0.600. The first-order valence-electron chi connectivity index (χ1n) is 7.15. The number of β-lactam (4-membered cyclic amide) rings is 1. The highest BCUT2D eigenvalue weighted by Crippen LogP contribution is 2.28. The molecule has 1 aliphatic heterocycles. The molecule has 6 heteroatoms. The van der Waals surface area contributed by atoms with E-state index in [0.29, 0.717) is 19.5 Å². The molecular weight excluding hydrogens is 291 g/mol. The number of carbonyl (C=O) groups is 2. The van der Waals surface area contributed by atoms with Crippen LogP contribution in [-0.2, 0) is 9.59 Å². The third-order valence-electron chi connectivity index (χ3n) is 3.56. The van der Waals surface area contributed by atoms with Crippen molar-refractivity contribution in [3.63, 3.8) is 0 Å². The maximum Gasteiger partial charge on any atom is 0.247 e. The molecule has 0 aromatic heterocycles. The molecule has 2 aliphatic rings. The number of nitrogens with one attached hydrogen (secondary N) is 1. The minimum atomic E-state index is -0.609. The molecule has 1 atom stereocenters. The summed E-state index contributed by atoms with van der Waals surface area (Å²) in [7, 11) is 0. The second-order valence-corrected chi connectivity index (χ2v) is 7.37. The van der Waals surface area contributed by atoms with Crippen LogP contribution in [-0.4, -0.2) is 40.6 Å². The molecule has 0 bridgehead atoms. The first-order valence-corrected chi connectivity index (χ1v) is 7.86. The Kier molecular flexibility index (Phi) is 5.08. The van der Waals surface area contributed by atoms with Gasteiger partial charge in [-0.2, -0.15) is 3.89 Å². The zero-order chi connectivity index (χ0) is 15.5. The molecule has 1 saturated heterocycles. The summed E-state index contributed by atoms with van der Waals surface area (Å²) in [6, 6.07) is -0.453. The molecule has 116 valence electrons. The lowest BCUT2D eigenvalue weighted by Crippen LogP contribution is -2.65. The topological polar surface area (TPSA) is 49.4 Å². The maximum atomic E-state index is 12.7. The first-order chi connectivity index (χ1) is 9.91. The number of carbonyl (C=O) groups excluding carboxylic acids is 2. The SMILES string of the molecule is CC(C)(CN1CC(NC(=O)CC2=CCCC=C2)C1=O)SF. The molecule has 1 N–H and O–H groups in total. The van der Waals surface area contributed by atoms with Crippen LogP contribution in [0, 0.1) is 0 Å². The van der Waals surface area contributed by atoms with Gasteiger partial charge in [0.1, 0.15) is 6.04 Å². The molecule has 0 saturated carbocycles. The summed E-state index contributed by atoms with van der Waals surface area (Å²) in [6.45, 7) is 4.31. The van der Waals surface area contributed by atoms with Crippen LogP contribution in [0.4, 0.5) is 3.89 Å². The summed E-state index contributed by atoms with van der Waals surface area (Å²) >= 11 is 0.249. The average molecular weight is 312 g/mol. The maximum absolute atomic E-state index is 12.7. The van der Waals surface area contributed by atoms with E-state index in [0.717, 1.165) is 18.4 Å². The fourth-order valence-electron chi connectivity index (χ4n) is 2.46. The van der Waals surface area contributed by atoms with Crippen molar-refractivity contribution >= 4 is 24.0 Å². The first kappa shape index (κ1) is 16.1. The number of likely N-dealkylation sites (tertiary alicyclic amines) is 1. The summed E-state index contributed by atoms with van der Waals surface area (Å²) < 4.78 is 12.1. The van der Waals surface area contributed by atoms with E-state index >= 15 is 0 Å². The summed E-state index contributed by atoms with van der Waals surface area (Å²) in [5.41, 5.74) is 0.998. The molecule has 0 spiro atoms. The van der Waals surface area contributed by atoms with E-state index in [9.17, 15) is 13.5 Å². The van der Waals surface area contributed by atoms with Crippen LogP contribution >= 0.6 is 12.1 Å². The number of hydrogen-bond donors (Lipinski definition) is 1. The third kappa shape index (κ3) is 4.33. The minimum Gasteiger partial charge on any atom is -0.342 e. The summed E-state index contributed by atoms with van der Waals surface area (Å²) in [5, 5.41) is 2.74. The molecule has 2 amide bonds. The van der Waals surface area contributed by atoms with Crippen LogP contribution in [0.1, 0.15) is 33.1 Å². The Morgan fingerprint density at radius 3 is 2.86 bits per heavy atom. The second kappa shape index (κ2) is 6.64. The molecule has 21 heavy (non-hydrogen) atoms. The lowest BCUT2D eigenvalue weighted by molar-refractivity contribution is -0.146. The van der Waals surface area contributed by atoms with Gasteiger partial charge in [0.2, 0.25) is 11.8 Å². The van der Waals surface area contributed by atoms with Crippen LogP contribution in [0.3, 0.4) is 0 Å². The summed E-state index contributed by atoms with van der Waals surface area (Å²) in [4.78, 5) is 25.4. The van der Waals surface area contributed by atoms with E-state index in [1.165, 1.54) is 0 Å². The van der Waals surface area contributed by atoms with E-state index in [1.54, 1.807) is 18.7 Å². The Labute approximate surface area is 129 Å². The van der Waals surface area contributed by atoms with Gasteiger partial charge in [-0.3, -0.25) is 9.59 Å². The normalized spacial score (nSPS) is 21.9. The van der Waals surface area contributed by atoms with E-state index < -0.39 is 10.8 Å². The Hall–Kier alpha value is -1.30. The average Bonchev–Trinajstić information content (AvgIpc) is 2.46. The summed E-state index contributed by atoms with van der Waals surface area (Å²) in [5.74, 6) is -0.261. The largest absolute Gasteiger partial charge is 0.342 e. The number of amides is 2. The molecular formula is C15H21FN2O2S. The molecule has 1 heterocycles. The molecule has 1 unspecified atom stereocenters. The van der Waals surface area contributed by atoms with E-state index in [4.69, 9.17) is 0 Å². The van der Waals surface area contributed by atoms with Crippen molar-refractivity contribution in [2.75, 3.05) is 13.1 Å². The van der Waals surface area contributed by atoms with Gasteiger partial charge in [-0.15, -0.1) is 0 Å². The molecule has 1 aliphatic carbocycles. The van der Waals surface area contributed by atoms with Crippen LogP contribution in [0.25, 0.3) is 0 Å². The minimum absolute atomic E-state index is 0.126. The van der Waals surface area contributed by atoms with Crippen LogP contribution in [0.2, 0.25) is 0 Å². The van der Waals surface area contributed by atoms with Crippen molar-refractivity contribution < 1.29 is 13.5 Å². The zero-order valence-electron chi connectivity index (χ0n) is 12.4. The van der Waals surface area contributed by atoms with E-state index in [1.807, 2.05) is 6.08 Å². The van der Waals surface area contributed by atoms with Crippen molar-refractivity contribution in [1.82, 2.24) is 10.2 Å². The lowest BCUT2D eigenvalue weighted by Gasteiger charge is -2.41. The quantitative estimate of drug-likeness (QED) is 0.766. The molecule has 0 radical (unpaired) electrons. The van der Waals surface area contributed by atoms with Crippen molar-refractivity contribution in [1.29, 1.82) is 0 Å². The molecule has 1 fully saturated rings. The Morgan fingerprint density at radius 1 is 1.52 bits per heavy atom. The Bertz CT molecular complexity index is 488. The number of allylic oxidation sites excluding steroid dienone is 3. The van der Waals surface area contributed by atoms with Gasteiger partial charge in [0.25, 0.3) is 0 Å². The molecule has 4 nitrogen and oxygen atoms in total. The van der Waals surface area contributed by atoms with Gasteiger partial charge < -0.3 is 10.2 Å². The van der Waals surface area contributed by atoms with Gasteiger partial charge in [0.05, 0.1) is 29.9 Å². The van der Waals surface area contributed by atoms with Crippen molar-refractivity contribution in [3.8, 4) is 0 Å². The molecule has 0 aromatic rings. The Morgan fingerprint density at radius 2 is 2.29 bits per heavy atom. The standard InChI is InChI=1S/C15H21FN2O2S/c1-15(2,21-16)10-18-9-12(14(18)20)17-13(19)8-11-6-4-3-5-7-11/h4,6-7,12H,3,5,8-10H2,1-2H3,(H,17,19). The lowest BCUT2D eigenvalue weighted by atomic mass is 10.0. The smallest absolute Gasteiger partial charge is 0.247 e. The predicted molar refractivity (Wildman–Crippen MR) is 82.4 cm³/mol. The highest BCUT2D eigenvalue weighted by atomic mass is 32.2. The van der Waals surface area contributed by atoms with E-state index in [-0.39, 0.29) is 24.0 Å². The van der Waals surface area contributed by atoms with Gasteiger partial charge in [-0.25, -0.2) is 0 Å². The predicted octanol–water partition coefficient (Wildman–Crippen LogP) is 2.38. The molecule has 2 rings (SSSR count). The zero-order valence-corrected chi connectivity index (χ0v) is 13.2. The van der Waals surface area contributed by atoms with Crippen LogP contribution in [0.5, 0.6) is 0 Å². The van der Waals surface area contributed by atoms with Gasteiger partial charge in [-0.1, -0.05) is 18.2 Å². The van der Waals surface area contributed by atoms with Crippen molar-refractivity contribution in [2.45, 2.75) is 43.9 Å².